The summed E-state index contributed by atoms with van der Waals surface area (Å²) < 4.78 is 1.26. The first-order valence-electron chi connectivity index (χ1n) is 5.70. The van der Waals surface area contributed by atoms with Crippen LogP contribution in [0.5, 0.6) is 0 Å². The molecule has 0 saturated carbocycles. The second-order valence-corrected chi connectivity index (χ2v) is 3.98. The number of rotatable bonds is 8. The molecule has 0 aliphatic heterocycles. The predicted octanol–water partition coefficient (Wildman–Crippen LogP) is 3.22. The van der Waals surface area contributed by atoms with Gasteiger partial charge in [-0.15, -0.1) is 0 Å². The Balaban J connectivity index is 4.27. The lowest BCUT2D eigenvalue weighted by Gasteiger charge is -2.37. The van der Waals surface area contributed by atoms with Crippen LogP contribution in [-0.4, -0.2) is 30.7 Å². The zero-order valence-electron chi connectivity index (χ0n) is 9.68. The highest BCUT2D eigenvalue weighted by molar-refractivity contribution is 4.66. The molecule has 78 valence electrons. The van der Waals surface area contributed by atoms with Gasteiger partial charge in [-0.05, 0) is 25.3 Å². The molecule has 13 heavy (non-hydrogen) atoms. The molecule has 0 aromatic rings. The molecule has 0 bridgehead atoms. The molecule has 0 aromatic heterocycles. The topological polar surface area (TPSA) is 0 Å². The molecule has 1 heteroatoms. The summed E-state index contributed by atoms with van der Waals surface area (Å²) in [6.07, 6.45) is 5.94. The monoisotopic (exact) mass is 184 g/mol. The molecule has 0 amide bonds. The van der Waals surface area contributed by atoms with Crippen LogP contribution in [-0.2, 0) is 0 Å². The number of nitrogens with zero attached hydrogens (tertiary/aromatic N) is 1. The Morgan fingerprint density at radius 1 is 0.923 bits per heavy atom. The SMILES string of the molecule is C=CC[N+](CCC)(CCC)CCC. The van der Waals surface area contributed by atoms with Gasteiger partial charge in [0, 0.05) is 0 Å². The van der Waals surface area contributed by atoms with Gasteiger partial charge in [-0.25, -0.2) is 0 Å². The van der Waals surface area contributed by atoms with Crippen LogP contribution in [0, 0.1) is 0 Å². The molecule has 0 aliphatic carbocycles. The van der Waals surface area contributed by atoms with E-state index in [1.807, 2.05) is 0 Å². The van der Waals surface area contributed by atoms with E-state index in [2.05, 4.69) is 33.4 Å². The molecule has 0 saturated heterocycles. The lowest BCUT2D eigenvalue weighted by Crippen LogP contribution is -2.49. The van der Waals surface area contributed by atoms with Crippen molar-refractivity contribution in [1.29, 1.82) is 0 Å². The van der Waals surface area contributed by atoms with E-state index in [-0.39, 0.29) is 0 Å². The minimum absolute atomic E-state index is 1.15. The van der Waals surface area contributed by atoms with E-state index in [9.17, 15) is 0 Å². The molecule has 0 rings (SSSR count). The summed E-state index contributed by atoms with van der Waals surface area (Å²) in [5.41, 5.74) is 0. The molecule has 0 spiro atoms. The van der Waals surface area contributed by atoms with Crippen molar-refractivity contribution in [1.82, 2.24) is 0 Å². The van der Waals surface area contributed by atoms with Gasteiger partial charge in [0.2, 0.25) is 0 Å². The first kappa shape index (κ1) is 12.7. The van der Waals surface area contributed by atoms with Crippen LogP contribution in [0.15, 0.2) is 12.7 Å². The summed E-state index contributed by atoms with van der Waals surface area (Å²) in [5, 5.41) is 0. The van der Waals surface area contributed by atoms with Crippen LogP contribution in [0.1, 0.15) is 40.0 Å². The van der Waals surface area contributed by atoms with E-state index < -0.39 is 0 Å². The average Bonchev–Trinajstić information content (AvgIpc) is 2.06. The van der Waals surface area contributed by atoms with Crippen molar-refractivity contribution < 1.29 is 4.48 Å². The van der Waals surface area contributed by atoms with Gasteiger partial charge in [0.15, 0.2) is 0 Å². The van der Waals surface area contributed by atoms with Crippen molar-refractivity contribution in [2.45, 2.75) is 40.0 Å². The normalized spacial score (nSPS) is 11.6. The summed E-state index contributed by atoms with van der Waals surface area (Å²) in [4.78, 5) is 0. The van der Waals surface area contributed by atoms with Crippen LogP contribution in [0.25, 0.3) is 0 Å². The Hall–Kier alpha value is -0.300. The standard InChI is InChI=1S/C12H26N/c1-5-9-13(10-6-2,11-7-3)12-8-4/h5H,1,6-12H2,2-4H3/q+1. The minimum Gasteiger partial charge on any atom is -0.320 e. The third-order valence-electron chi connectivity index (χ3n) is 2.61. The maximum absolute atomic E-state index is 3.88. The lowest BCUT2D eigenvalue weighted by molar-refractivity contribution is -0.923. The molecule has 0 fully saturated rings. The highest BCUT2D eigenvalue weighted by atomic mass is 15.3. The summed E-state index contributed by atoms with van der Waals surface area (Å²) in [6, 6.07) is 0. The van der Waals surface area contributed by atoms with Crippen LogP contribution in [0.3, 0.4) is 0 Å². The van der Waals surface area contributed by atoms with Gasteiger partial charge in [0.25, 0.3) is 0 Å². The number of quaternary nitrogens is 1. The second-order valence-electron chi connectivity index (χ2n) is 3.98. The molecule has 0 atom stereocenters. The van der Waals surface area contributed by atoms with E-state index in [0.717, 1.165) is 6.54 Å². The molecule has 0 aromatic carbocycles. The highest BCUT2D eigenvalue weighted by Crippen LogP contribution is 2.11. The predicted molar refractivity (Wildman–Crippen MR) is 60.8 cm³/mol. The number of hydrogen-bond acceptors (Lipinski definition) is 0. The molecule has 0 heterocycles. The van der Waals surface area contributed by atoms with Crippen LogP contribution < -0.4 is 0 Å². The van der Waals surface area contributed by atoms with Gasteiger partial charge in [-0.1, -0.05) is 27.4 Å². The van der Waals surface area contributed by atoms with Crippen molar-refractivity contribution in [3.8, 4) is 0 Å². The van der Waals surface area contributed by atoms with Gasteiger partial charge in [0.1, 0.15) is 0 Å². The van der Waals surface area contributed by atoms with Crippen molar-refractivity contribution >= 4 is 0 Å². The van der Waals surface area contributed by atoms with Gasteiger partial charge >= 0.3 is 0 Å². The highest BCUT2D eigenvalue weighted by Gasteiger charge is 2.22. The zero-order valence-corrected chi connectivity index (χ0v) is 9.68. The number of hydrogen-bond donors (Lipinski definition) is 0. The largest absolute Gasteiger partial charge is 0.320 e. The van der Waals surface area contributed by atoms with Gasteiger partial charge in [0.05, 0.1) is 26.2 Å². The van der Waals surface area contributed by atoms with E-state index in [1.54, 1.807) is 0 Å². The molecule has 1 nitrogen and oxygen atoms in total. The van der Waals surface area contributed by atoms with Gasteiger partial charge in [-0.3, -0.25) is 0 Å². The Labute approximate surface area is 84.0 Å². The van der Waals surface area contributed by atoms with E-state index >= 15 is 0 Å². The third-order valence-corrected chi connectivity index (χ3v) is 2.61. The second kappa shape index (κ2) is 7.14. The van der Waals surface area contributed by atoms with Crippen LogP contribution in [0.2, 0.25) is 0 Å². The molecular weight excluding hydrogens is 158 g/mol. The Kier molecular flexibility index (Phi) is 6.97. The summed E-state index contributed by atoms with van der Waals surface area (Å²) in [7, 11) is 0. The smallest absolute Gasteiger partial charge is 0.0971 e. The Morgan fingerprint density at radius 2 is 1.31 bits per heavy atom. The fourth-order valence-corrected chi connectivity index (χ4v) is 2.31. The zero-order chi connectivity index (χ0) is 10.2. The quantitative estimate of drug-likeness (QED) is 0.401. The third kappa shape index (κ3) is 4.47. The molecule has 0 unspecified atom stereocenters. The maximum atomic E-state index is 3.88. The van der Waals surface area contributed by atoms with Crippen molar-refractivity contribution in [2.75, 3.05) is 26.2 Å². The first-order chi connectivity index (χ1) is 6.24. The van der Waals surface area contributed by atoms with E-state index in [0.29, 0.717) is 0 Å². The minimum atomic E-state index is 1.15. The van der Waals surface area contributed by atoms with Gasteiger partial charge in [-0.2, -0.15) is 0 Å². The fourth-order valence-electron chi connectivity index (χ4n) is 2.31. The Morgan fingerprint density at radius 3 is 1.54 bits per heavy atom. The average molecular weight is 184 g/mol. The first-order valence-corrected chi connectivity index (χ1v) is 5.70. The molecular formula is C12H26N+. The van der Waals surface area contributed by atoms with Crippen LogP contribution >= 0.6 is 0 Å². The van der Waals surface area contributed by atoms with Crippen LogP contribution in [0.4, 0.5) is 0 Å². The molecule has 0 N–H and O–H groups in total. The van der Waals surface area contributed by atoms with Crippen molar-refractivity contribution in [2.24, 2.45) is 0 Å². The fraction of sp³-hybridized carbons (Fsp3) is 0.833. The summed E-state index contributed by atoms with van der Waals surface area (Å²) in [5.74, 6) is 0. The van der Waals surface area contributed by atoms with E-state index in [1.165, 1.54) is 43.4 Å². The van der Waals surface area contributed by atoms with Gasteiger partial charge < -0.3 is 4.48 Å². The summed E-state index contributed by atoms with van der Waals surface area (Å²) in [6.45, 7) is 15.8. The van der Waals surface area contributed by atoms with Crippen molar-refractivity contribution in [3.63, 3.8) is 0 Å². The molecule has 0 radical (unpaired) electrons. The Bertz CT molecular complexity index is 112. The van der Waals surface area contributed by atoms with Crippen molar-refractivity contribution in [3.05, 3.63) is 12.7 Å². The van der Waals surface area contributed by atoms with E-state index in [4.69, 9.17) is 0 Å². The lowest BCUT2D eigenvalue weighted by atomic mass is 10.2. The summed E-state index contributed by atoms with van der Waals surface area (Å²) >= 11 is 0. The maximum Gasteiger partial charge on any atom is 0.0971 e. The molecule has 0 aliphatic rings.